The summed E-state index contributed by atoms with van der Waals surface area (Å²) in [5, 5.41) is 3.25. The van der Waals surface area contributed by atoms with Crippen molar-refractivity contribution in [2.24, 2.45) is 0 Å². The number of likely N-dealkylation sites (tertiary alicyclic amines) is 1. The van der Waals surface area contributed by atoms with E-state index in [1.165, 1.54) is 4.90 Å². The zero-order chi connectivity index (χ0) is 11.5. The van der Waals surface area contributed by atoms with Crippen LogP contribution in [0, 0.1) is 0 Å². The van der Waals surface area contributed by atoms with Gasteiger partial charge in [-0.15, -0.1) is 0 Å². The summed E-state index contributed by atoms with van der Waals surface area (Å²) in [7, 11) is 0. The van der Waals surface area contributed by atoms with Gasteiger partial charge in [0.15, 0.2) is 0 Å². The van der Waals surface area contributed by atoms with Gasteiger partial charge in [0.25, 0.3) is 0 Å². The lowest BCUT2D eigenvalue weighted by Gasteiger charge is -2.31. The van der Waals surface area contributed by atoms with Crippen molar-refractivity contribution in [1.82, 2.24) is 15.1 Å². The van der Waals surface area contributed by atoms with Crippen LogP contribution in [0.4, 0.5) is 0 Å². The summed E-state index contributed by atoms with van der Waals surface area (Å²) in [6, 6.07) is -0.193. The van der Waals surface area contributed by atoms with Crippen LogP contribution < -0.4 is 5.32 Å². The summed E-state index contributed by atoms with van der Waals surface area (Å²) in [6.07, 6.45) is 1.21. The van der Waals surface area contributed by atoms with Crippen LogP contribution in [0.25, 0.3) is 0 Å². The number of hydrogen-bond donors (Lipinski definition) is 1. The minimum absolute atomic E-state index is 0.00428. The Labute approximate surface area is 95.8 Å². The predicted octanol–water partition coefficient (Wildman–Crippen LogP) is -0.571. The standard InChI is InChI=1S/C11H19N3O2/c1-2-5-14-10(15)8-9(11(14)16)13-6-3-12-4-7-13/h9,12H,2-8H2,1H3. The van der Waals surface area contributed by atoms with E-state index in [4.69, 9.17) is 0 Å². The molecule has 0 aromatic carbocycles. The Hall–Kier alpha value is -0.940. The van der Waals surface area contributed by atoms with Crippen LogP contribution in [0.3, 0.4) is 0 Å². The Balaban J connectivity index is 2.01. The van der Waals surface area contributed by atoms with E-state index in [1.807, 2.05) is 6.92 Å². The van der Waals surface area contributed by atoms with E-state index in [9.17, 15) is 9.59 Å². The molecule has 2 aliphatic rings. The van der Waals surface area contributed by atoms with Gasteiger partial charge in [-0.2, -0.15) is 0 Å². The fourth-order valence-electron chi connectivity index (χ4n) is 2.40. The maximum Gasteiger partial charge on any atom is 0.247 e. The smallest absolute Gasteiger partial charge is 0.247 e. The molecule has 0 aromatic rings. The lowest BCUT2D eigenvalue weighted by Crippen LogP contribution is -2.51. The molecule has 1 atom stereocenters. The lowest BCUT2D eigenvalue weighted by molar-refractivity contribution is -0.139. The number of hydrogen-bond acceptors (Lipinski definition) is 4. The molecule has 0 saturated carbocycles. The highest BCUT2D eigenvalue weighted by molar-refractivity contribution is 6.05. The first-order chi connectivity index (χ1) is 7.74. The summed E-state index contributed by atoms with van der Waals surface area (Å²) in [5.41, 5.74) is 0. The van der Waals surface area contributed by atoms with E-state index < -0.39 is 0 Å². The molecule has 90 valence electrons. The van der Waals surface area contributed by atoms with Gasteiger partial charge in [0.05, 0.1) is 12.5 Å². The summed E-state index contributed by atoms with van der Waals surface area (Å²) >= 11 is 0. The number of nitrogens with one attached hydrogen (secondary N) is 1. The molecule has 2 rings (SSSR count). The second kappa shape index (κ2) is 4.93. The van der Waals surface area contributed by atoms with E-state index >= 15 is 0 Å². The first kappa shape index (κ1) is 11.5. The first-order valence-electron chi connectivity index (χ1n) is 6.03. The Morgan fingerprint density at radius 3 is 2.62 bits per heavy atom. The van der Waals surface area contributed by atoms with E-state index in [2.05, 4.69) is 10.2 Å². The van der Waals surface area contributed by atoms with Crippen LogP contribution >= 0.6 is 0 Å². The van der Waals surface area contributed by atoms with Crippen molar-refractivity contribution in [3.05, 3.63) is 0 Å². The Morgan fingerprint density at radius 2 is 2.00 bits per heavy atom. The molecule has 5 heteroatoms. The third kappa shape index (κ3) is 2.10. The molecule has 0 aromatic heterocycles. The molecule has 16 heavy (non-hydrogen) atoms. The van der Waals surface area contributed by atoms with Crippen molar-refractivity contribution in [1.29, 1.82) is 0 Å². The molecule has 0 bridgehead atoms. The van der Waals surface area contributed by atoms with E-state index in [0.29, 0.717) is 13.0 Å². The first-order valence-corrected chi connectivity index (χ1v) is 6.03. The summed E-state index contributed by atoms with van der Waals surface area (Å²) in [6.45, 7) is 6.10. The largest absolute Gasteiger partial charge is 0.314 e. The number of nitrogens with zero attached hydrogens (tertiary/aromatic N) is 2. The van der Waals surface area contributed by atoms with Crippen LogP contribution in [0.15, 0.2) is 0 Å². The molecule has 2 heterocycles. The average Bonchev–Trinajstić information content (AvgIpc) is 2.59. The highest BCUT2D eigenvalue weighted by Crippen LogP contribution is 2.19. The number of rotatable bonds is 3. The van der Waals surface area contributed by atoms with Gasteiger partial charge in [-0.05, 0) is 6.42 Å². The van der Waals surface area contributed by atoms with Crippen LogP contribution in [-0.2, 0) is 9.59 Å². The normalized spacial score (nSPS) is 27.8. The van der Waals surface area contributed by atoms with Crippen molar-refractivity contribution >= 4 is 11.8 Å². The molecule has 5 nitrogen and oxygen atoms in total. The lowest BCUT2D eigenvalue weighted by atomic mass is 10.2. The Bertz CT molecular complexity index is 287. The second-order valence-corrected chi connectivity index (χ2v) is 4.39. The molecular formula is C11H19N3O2. The van der Waals surface area contributed by atoms with Gasteiger partial charge >= 0.3 is 0 Å². The molecule has 1 N–H and O–H groups in total. The average molecular weight is 225 g/mol. The third-order valence-electron chi connectivity index (χ3n) is 3.26. The maximum absolute atomic E-state index is 12.0. The van der Waals surface area contributed by atoms with E-state index in [-0.39, 0.29) is 17.9 Å². The molecule has 2 saturated heterocycles. The van der Waals surface area contributed by atoms with Gasteiger partial charge in [-0.1, -0.05) is 6.92 Å². The summed E-state index contributed by atoms with van der Waals surface area (Å²) in [5.74, 6) is 0.00383. The summed E-state index contributed by atoms with van der Waals surface area (Å²) in [4.78, 5) is 27.3. The van der Waals surface area contributed by atoms with Crippen LogP contribution in [0.5, 0.6) is 0 Å². The van der Waals surface area contributed by atoms with Gasteiger partial charge in [0.2, 0.25) is 11.8 Å². The zero-order valence-electron chi connectivity index (χ0n) is 9.74. The molecule has 2 aliphatic heterocycles. The molecule has 0 spiro atoms. The van der Waals surface area contributed by atoms with Crippen molar-refractivity contribution in [3.8, 4) is 0 Å². The van der Waals surface area contributed by atoms with Gasteiger partial charge in [-0.25, -0.2) is 0 Å². The summed E-state index contributed by atoms with van der Waals surface area (Å²) < 4.78 is 0. The van der Waals surface area contributed by atoms with Crippen molar-refractivity contribution in [3.63, 3.8) is 0 Å². The molecule has 0 aliphatic carbocycles. The fourth-order valence-corrected chi connectivity index (χ4v) is 2.40. The quantitative estimate of drug-likeness (QED) is 0.654. The van der Waals surface area contributed by atoms with Crippen LogP contribution in [0.1, 0.15) is 19.8 Å². The minimum Gasteiger partial charge on any atom is -0.314 e. The SMILES string of the molecule is CCCN1C(=O)CC(N2CCNCC2)C1=O. The van der Waals surface area contributed by atoms with E-state index in [1.54, 1.807) is 0 Å². The molecular weight excluding hydrogens is 206 g/mol. The second-order valence-electron chi connectivity index (χ2n) is 4.39. The predicted molar refractivity (Wildman–Crippen MR) is 59.9 cm³/mol. The maximum atomic E-state index is 12.0. The third-order valence-corrected chi connectivity index (χ3v) is 3.26. The monoisotopic (exact) mass is 225 g/mol. The number of carbonyl (C=O) groups is 2. The zero-order valence-corrected chi connectivity index (χ0v) is 9.74. The Morgan fingerprint density at radius 1 is 1.31 bits per heavy atom. The van der Waals surface area contributed by atoms with Crippen LogP contribution in [-0.4, -0.2) is 60.4 Å². The molecule has 2 fully saturated rings. The number of imide groups is 1. The van der Waals surface area contributed by atoms with Gasteiger partial charge < -0.3 is 5.32 Å². The molecule has 0 radical (unpaired) electrons. The topological polar surface area (TPSA) is 52.7 Å². The van der Waals surface area contributed by atoms with Crippen molar-refractivity contribution in [2.45, 2.75) is 25.8 Å². The molecule has 1 unspecified atom stereocenters. The number of carbonyl (C=O) groups excluding carboxylic acids is 2. The van der Waals surface area contributed by atoms with Gasteiger partial charge in [-0.3, -0.25) is 19.4 Å². The Kier molecular flexibility index (Phi) is 3.56. The van der Waals surface area contributed by atoms with Crippen molar-refractivity contribution in [2.75, 3.05) is 32.7 Å². The number of piperazine rings is 1. The van der Waals surface area contributed by atoms with Gasteiger partial charge in [0, 0.05) is 32.7 Å². The highest BCUT2D eigenvalue weighted by Gasteiger charge is 2.41. The molecule has 2 amide bonds. The van der Waals surface area contributed by atoms with Crippen molar-refractivity contribution < 1.29 is 9.59 Å². The van der Waals surface area contributed by atoms with Crippen LogP contribution in [0.2, 0.25) is 0 Å². The minimum atomic E-state index is -0.193. The van der Waals surface area contributed by atoms with Gasteiger partial charge in [0.1, 0.15) is 0 Å². The number of amides is 2. The highest BCUT2D eigenvalue weighted by atomic mass is 16.2. The van der Waals surface area contributed by atoms with E-state index in [0.717, 1.165) is 32.6 Å². The fraction of sp³-hybridized carbons (Fsp3) is 0.818.